The van der Waals surface area contributed by atoms with Gasteiger partial charge in [0.15, 0.2) is 5.58 Å². The minimum Gasteiger partial charge on any atom is -0.454 e. The Morgan fingerprint density at radius 2 is 1.63 bits per heavy atom. The van der Waals surface area contributed by atoms with Gasteiger partial charge in [-0.25, -0.2) is 0 Å². The summed E-state index contributed by atoms with van der Waals surface area (Å²) in [6, 6.07) is 23.7. The van der Waals surface area contributed by atoms with Crippen LogP contribution in [-0.2, 0) is 6.42 Å². The van der Waals surface area contributed by atoms with E-state index in [2.05, 4.69) is 78.6 Å². The molecule has 6 rings (SSSR count). The fourth-order valence-corrected chi connectivity index (χ4v) is 4.57. The van der Waals surface area contributed by atoms with E-state index in [9.17, 15) is 0 Å². The molecule has 0 saturated carbocycles. The summed E-state index contributed by atoms with van der Waals surface area (Å²) in [5, 5.41) is 7.53. The molecule has 6 aromatic rings. The van der Waals surface area contributed by atoms with E-state index >= 15 is 0 Å². The zero-order valence-electron chi connectivity index (χ0n) is 15.2. The second-order valence-corrected chi connectivity index (χ2v) is 7.34. The molecule has 0 aliphatic rings. The fourth-order valence-electron chi connectivity index (χ4n) is 4.57. The van der Waals surface area contributed by atoms with Crippen LogP contribution in [0.4, 0.5) is 0 Å². The maximum Gasteiger partial charge on any atom is 0.159 e. The number of hydrogen-bond donors (Lipinski definition) is 1. The summed E-state index contributed by atoms with van der Waals surface area (Å²) in [6.07, 6.45) is 2.18. The molecule has 0 unspecified atom stereocenters. The Bertz CT molecular complexity index is 1480. The second kappa shape index (κ2) is 5.37. The van der Waals surface area contributed by atoms with Crippen molar-refractivity contribution in [3.8, 4) is 0 Å². The van der Waals surface area contributed by atoms with Gasteiger partial charge in [-0.3, -0.25) is 0 Å². The summed E-state index contributed by atoms with van der Waals surface area (Å²) in [4.78, 5) is 3.64. The quantitative estimate of drug-likeness (QED) is 0.348. The third-order valence-electron chi connectivity index (χ3n) is 5.71. The van der Waals surface area contributed by atoms with E-state index < -0.39 is 0 Å². The van der Waals surface area contributed by atoms with Crippen molar-refractivity contribution in [1.82, 2.24) is 4.98 Å². The summed E-state index contributed by atoms with van der Waals surface area (Å²) in [6.45, 7) is 2.24. The molecule has 27 heavy (non-hydrogen) atoms. The largest absolute Gasteiger partial charge is 0.454 e. The summed E-state index contributed by atoms with van der Waals surface area (Å²) in [5.41, 5.74) is 5.61. The topological polar surface area (TPSA) is 28.9 Å². The van der Waals surface area contributed by atoms with Crippen LogP contribution < -0.4 is 0 Å². The monoisotopic (exact) mass is 349 g/mol. The van der Waals surface area contributed by atoms with Crippen molar-refractivity contribution in [1.29, 1.82) is 0 Å². The van der Waals surface area contributed by atoms with Gasteiger partial charge < -0.3 is 9.40 Å². The number of fused-ring (bicyclic) bond motifs is 9. The Morgan fingerprint density at radius 3 is 2.52 bits per heavy atom. The van der Waals surface area contributed by atoms with Crippen molar-refractivity contribution < 1.29 is 4.42 Å². The molecule has 1 N–H and O–H groups in total. The molecule has 0 saturated heterocycles. The lowest BCUT2D eigenvalue weighted by Gasteiger charge is -2.04. The predicted octanol–water partition coefficient (Wildman–Crippen LogP) is 7.33. The van der Waals surface area contributed by atoms with Gasteiger partial charge in [0.25, 0.3) is 0 Å². The molecular formula is C25H19NO. The van der Waals surface area contributed by atoms with Gasteiger partial charge in [-0.1, -0.05) is 61.9 Å². The number of benzene rings is 4. The van der Waals surface area contributed by atoms with Gasteiger partial charge in [0.2, 0.25) is 0 Å². The van der Waals surface area contributed by atoms with E-state index in [0.717, 1.165) is 29.5 Å². The smallest absolute Gasteiger partial charge is 0.159 e. The number of aromatic nitrogens is 1. The van der Waals surface area contributed by atoms with Crippen molar-refractivity contribution >= 4 is 54.5 Å². The Hall–Kier alpha value is -3.26. The van der Waals surface area contributed by atoms with E-state index in [4.69, 9.17) is 4.42 Å². The molecule has 0 aliphatic carbocycles. The second-order valence-electron chi connectivity index (χ2n) is 7.34. The number of hydrogen-bond acceptors (Lipinski definition) is 1. The molecule has 0 radical (unpaired) electrons. The number of H-pyrrole nitrogens is 1. The number of furan rings is 1. The van der Waals surface area contributed by atoms with Crippen molar-refractivity contribution in [2.75, 3.05) is 0 Å². The summed E-state index contributed by atoms with van der Waals surface area (Å²) < 4.78 is 6.41. The van der Waals surface area contributed by atoms with E-state index in [1.54, 1.807) is 0 Å². The van der Waals surface area contributed by atoms with E-state index in [1.807, 2.05) is 0 Å². The standard InChI is InChI=1S/C25H19NO/c1-2-7-16-14-19-23-17-9-4-3-8-15(17)12-13-21(23)27-25(19)24-22(16)18-10-5-6-11-20(18)26-24/h3-6,8-14,26H,2,7H2,1H3. The highest BCUT2D eigenvalue weighted by Gasteiger charge is 2.18. The van der Waals surface area contributed by atoms with Crippen LogP contribution in [0.1, 0.15) is 18.9 Å². The first kappa shape index (κ1) is 14.9. The van der Waals surface area contributed by atoms with Gasteiger partial charge in [-0.05, 0) is 41.0 Å². The third-order valence-corrected chi connectivity index (χ3v) is 5.71. The molecule has 0 aliphatic heterocycles. The average Bonchev–Trinajstić information content (AvgIpc) is 3.27. The minimum absolute atomic E-state index is 0.956. The molecule has 130 valence electrons. The highest BCUT2D eigenvalue weighted by Crippen LogP contribution is 2.41. The van der Waals surface area contributed by atoms with E-state index in [1.165, 1.54) is 43.4 Å². The lowest BCUT2D eigenvalue weighted by Crippen LogP contribution is -1.85. The molecule has 0 amide bonds. The van der Waals surface area contributed by atoms with Crippen molar-refractivity contribution in [2.24, 2.45) is 0 Å². The van der Waals surface area contributed by atoms with Crippen LogP contribution in [-0.4, -0.2) is 4.98 Å². The highest BCUT2D eigenvalue weighted by molar-refractivity contribution is 6.26. The van der Waals surface area contributed by atoms with Crippen LogP contribution in [0.15, 0.2) is 71.1 Å². The first-order chi connectivity index (χ1) is 13.3. The molecule has 2 heterocycles. The molecule has 0 spiro atoms. The van der Waals surface area contributed by atoms with E-state index in [0.29, 0.717) is 0 Å². The Labute approximate surface area is 156 Å². The maximum absolute atomic E-state index is 6.41. The van der Waals surface area contributed by atoms with Crippen molar-refractivity contribution in [2.45, 2.75) is 19.8 Å². The first-order valence-corrected chi connectivity index (χ1v) is 9.61. The molecule has 2 nitrogen and oxygen atoms in total. The van der Waals surface area contributed by atoms with Crippen LogP contribution in [0.2, 0.25) is 0 Å². The van der Waals surface area contributed by atoms with Crippen LogP contribution in [0.5, 0.6) is 0 Å². The summed E-state index contributed by atoms with van der Waals surface area (Å²) >= 11 is 0. The van der Waals surface area contributed by atoms with Crippen LogP contribution in [0, 0.1) is 0 Å². The maximum atomic E-state index is 6.41. The van der Waals surface area contributed by atoms with E-state index in [-0.39, 0.29) is 0 Å². The van der Waals surface area contributed by atoms with Crippen molar-refractivity contribution in [3.63, 3.8) is 0 Å². The minimum atomic E-state index is 0.956. The first-order valence-electron chi connectivity index (χ1n) is 9.61. The fraction of sp³-hybridized carbons (Fsp3) is 0.120. The van der Waals surface area contributed by atoms with Crippen LogP contribution in [0.25, 0.3) is 54.5 Å². The van der Waals surface area contributed by atoms with Gasteiger partial charge in [0, 0.05) is 27.1 Å². The van der Waals surface area contributed by atoms with Gasteiger partial charge in [0.05, 0.1) is 5.52 Å². The van der Waals surface area contributed by atoms with Crippen molar-refractivity contribution in [3.05, 3.63) is 72.3 Å². The molecule has 2 aromatic heterocycles. The molecule has 4 aromatic carbocycles. The number of nitrogens with one attached hydrogen (secondary N) is 1. The zero-order valence-corrected chi connectivity index (χ0v) is 15.2. The molecule has 0 bridgehead atoms. The number of para-hydroxylation sites is 1. The average molecular weight is 349 g/mol. The molecule has 0 atom stereocenters. The Kier molecular flexibility index (Phi) is 2.96. The lowest BCUT2D eigenvalue weighted by atomic mass is 9.97. The third kappa shape index (κ3) is 1.95. The highest BCUT2D eigenvalue weighted by atomic mass is 16.3. The molecule has 2 heteroatoms. The Morgan fingerprint density at radius 1 is 0.815 bits per heavy atom. The predicted molar refractivity (Wildman–Crippen MR) is 115 cm³/mol. The van der Waals surface area contributed by atoms with Crippen LogP contribution >= 0.6 is 0 Å². The SMILES string of the molecule is CCCc1cc2c(oc3ccc4ccccc4c32)c2[nH]c3ccccc3c12. The summed E-state index contributed by atoms with van der Waals surface area (Å²) in [5.74, 6) is 0. The zero-order chi connectivity index (χ0) is 18.0. The summed E-state index contributed by atoms with van der Waals surface area (Å²) in [7, 11) is 0. The van der Waals surface area contributed by atoms with Crippen LogP contribution in [0.3, 0.4) is 0 Å². The van der Waals surface area contributed by atoms with Gasteiger partial charge in [-0.15, -0.1) is 0 Å². The Balaban J connectivity index is 1.90. The number of aromatic amines is 1. The van der Waals surface area contributed by atoms with Gasteiger partial charge in [0.1, 0.15) is 5.58 Å². The van der Waals surface area contributed by atoms with Gasteiger partial charge >= 0.3 is 0 Å². The normalized spacial score (nSPS) is 12.2. The molecular weight excluding hydrogens is 330 g/mol. The lowest BCUT2D eigenvalue weighted by molar-refractivity contribution is 0.672. The number of rotatable bonds is 2. The van der Waals surface area contributed by atoms with Gasteiger partial charge in [-0.2, -0.15) is 0 Å². The molecule has 0 fully saturated rings. The number of aryl methyl sites for hydroxylation is 1.